The summed E-state index contributed by atoms with van der Waals surface area (Å²) >= 11 is 0. The number of nitrogen functional groups attached to an aromatic ring is 1. The van der Waals surface area contributed by atoms with Crippen molar-refractivity contribution >= 4 is 29.4 Å². The smallest absolute Gasteiger partial charge is 0.330 e. The predicted molar refractivity (Wildman–Crippen MR) is 122 cm³/mol. The minimum atomic E-state index is -1.00. The molecule has 11 nitrogen and oxygen atoms in total. The summed E-state index contributed by atoms with van der Waals surface area (Å²) in [6.45, 7) is 3.48. The van der Waals surface area contributed by atoms with Crippen molar-refractivity contribution in [3.63, 3.8) is 0 Å². The number of aromatic amines is 1. The standard InChI is InChI=1S/C22H32N6O5/c1-3-4-11-26-17(23)16(18(30)24-20(26)32)28(14-7-5-6-8-14)15(29)12-27-19(31)22(2,13-9-10-13)25-21(27)33/h13-14H,3-12,23H2,1-2H3,(H,25,33)(H,24,30,32)/t22-/m0/s1. The van der Waals surface area contributed by atoms with Crippen molar-refractivity contribution in [2.24, 2.45) is 5.92 Å². The number of rotatable bonds is 8. The fourth-order valence-corrected chi connectivity index (χ4v) is 5.03. The molecule has 0 unspecified atom stereocenters. The molecule has 0 radical (unpaired) electrons. The van der Waals surface area contributed by atoms with Crippen LogP contribution in [0, 0.1) is 5.92 Å². The molecule has 0 aromatic carbocycles. The highest BCUT2D eigenvalue weighted by Gasteiger charge is 2.56. The molecule has 1 atom stereocenters. The van der Waals surface area contributed by atoms with E-state index in [4.69, 9.17) is 5.73 Å². The lowest BCUT2D eigenvalue weighted by atomic mass is 9.96. The Bertz CT molecular complexity index is 1080. The maximum atomic E-state index is 13.5. The topological polar surface area (TPSA) is 151 Å². The number of imide groups is 1. The zero-order valence-electron chi connectivity index (χ0n) is 19.2. The first-order valence-corrected chi connectivity index (χ1v) is 11.8. The van der Waals surface area contributed by atoms with E-state index in [-0.39, 0.29) is 23.5 Å². The molecule has 2 heterocycles. The lowest BCUT2D eigenvalue weighted by Gasteiger charge is -2.31. The van der Waals surface area contributed by atoms with Crippen molar-refractivity contribution in [1.82, 2.24) is 19.8 Å². The Hall–Kier alpha value is -3.11. The quantitative estimate of drug-likeness (QED) is 0.491. The van der Waals surface area contributed by atoms with Gasteiger partial charge in [0.2, 0.25) is 5.91 Å². The second-order valence-electron chi connectivity index (χ2n) is 9.50. The molecule has 3 aliphatic rings. The van der Waals surface area contributed by atoms with Gasteiger partial charge in [0.25, 0.3) is 11.5 Å². The van der Waals surface area contributed by atoms with Gasteiger partial charge in [0, 0.05) is 12.6 Å². The van der Waals surface area contributed by atoms with E-state index in [1.54, 1.807) is 6.92 Å². The van der Waals surface area contributed by atoms with Crippen molar-refractivity contribution < 1.29 is 14.4 Å². The first-order chi connectivity index (χ1) is 15.7. The van der Waals surface area contributed by atoms with Gasteiger partial charge in [0.15, 0.2) is 5.69 Å². The van der Waals surface area contributed by atoms with Crippen LogP contribution in [0.15, 0.2) is 9.59 Å². The van der Waals surface area contributed by atoms with Gasteiger partial charge in [-0.05, 0) is 44.9 Å². The molecular formula is C22H32N6O5. The molecular weight excluding hydrogens is 428 g/mol. The van der Waals surface area contributed by atoms with Gasteiger partial charge in [0.1, 0.15) is 17.9 Å². The molecule has 2 aliphatic carbocycles. The van der Waals surface area contributed by atoms with Gasteiger partial charge in [-0.2, -0.15) is 0 Å². The van der Waals surface area contributed by atoms with Gasteiger partial charge in [-0.1, -0.05) is 26.2 Å². The number of unbranched alkanes of at least 4 members (excludes halogenated alkanes) is 1. The molecule has 0 spiro atoms. The van der Waals surface area contributed by atoms with Crippen LogP contribution in [-0.2, 0) is 16.1 Å². The van der Waals surface area contributed by atoms with Crippen molar-refractivity contribution in [2.75, 3.05) is 17.2 Å². The maximum Gasteiger partial charge on any atom is 0.330 e. The van der Waals surface area contributed by atoms with Crippen LogP contribution in [0.4, 0.5) is 16.3 Å². The molecule has 1 aromatic rings. The molecule has 33 heavy (non-hydrogen) atoms. The summed E-state index contributed by atoms with van der Waals surface area (Å²) in [5.74, 6) is -0.995. The predicted octanol–water partition coefficient (Wildman–Crippen LogP) is 0.915. The zero-order valence-corrected chi connectivity index (χ0v) is 19.2. The number of nitrogens with one attached hydrogen (secondary N) is 2. The van der Waals surface area contributed by atoms with Crippen LogP contribution in [-0.4, -0.2) is 50.4 Å². The number of aromatic nitrogens is 2. The molecule has 4 N–H and O–H groups in total. The van der Waals surface area contributed by atoms with Crippen molar-refractivity contribution in [3.05, 3.63) is 20.8 Å². The van der Waals surface area contributed by atoms with Crippen LogP contribution >= 0.6 is 0 Å². The van der Waals surface area contributed by atoms with Crippen molar-refractivity contribution in [2.45, 2.75) is 83.3 Å². The Morgan fingerprint density at radius 1 is 1.15 bits per heavy atom. The number of nitrogens with zero attached hydrogens (tertiary/aromatic N) is 3. The molecule has 11 heteroatoms. The van der Waals surface area contributed by atoms with Crippen LogP contribution in [0.2, 0.25) is 0 Å². The number of urea groups is 1. The van der Waals surface area contributed by atoms with E-state index in [0.717, 1.165) is 37.0 Å². The van der Waals surface area contributed by atoms with E-state index >= 15 is 0 Å². The summed E-state index contributed by atoms with van der Waals surface area (Å²) in [5.41, 5.74) is 3.82. The first kappa shape index (κ1) is 23.1. The number of carbonyl (C=O) groups excluding carboxylic acids is 3. The summed E-state index contributed by atoms with van der Waals surface area (Å²) in [4.78, 5) is 68.9. The highest BCUT2D eigenvalue weighted by Crippen LogP contribution is 2.42. The number of nitrogens with two attached hydrogens (primary N) is 1. The van der Waals surface area contributed by atoms with Crippen LogP contribution in [0.3, 0.4) is 0 Å². The van der Waals surface area contributed by atoms with Crippen LogP contribution in [0.5, 0.6) is 0 Å². The normalized spacial score (nSPS) is 23.3. The van der Waals surface area contributed by atoms with Crippen molar-refractivity contribution in [3.8, 4) is 0 Å². The molecule has 0 bridgehead atoms. The van der Waals surface area contributed by atoms with E-state index in [1.165, 1.54) is 9.47 Å². The average Bonchev–Trinajstić information content (AvgIpc) is 3.45. The number of hydrogen-bond acceptors (Lipinski definition) is 6. The minimum absolute atomic E-state index is 0.0700. The fraction of sp³-hybridized carbons (Fsp3) is 0.682. The minimum Gasteiger partial charge on any atom is -0.383 e. The van der Waals surface area contributed by atoms with E-state index in [2.05, 4.69) is 10.3 Å². The molecule has 180 valence electrons. The average molecular weight is 461 g/mol. The van der Waals surface area contributed by atoms with Gasteiger partial charge in [0.05, 0.1) is 0 Å². The number of amides is 4. The fourth-order valence-electron chi connectivity index (χ4n) is 5.03. The molecule has 4 amide bonds. The molecule has 1 aliphatic heterocycles. The zero-order chi connectivity index (χ0) is 23.9. The molecule has 3 fully saturated rings. The number of H-pyrrole nitrogens is 1. The van der Waals surface area contributed by atoms with Gasteiger partial charge < -0.3 is 11.1 Å². The number of carbonyl (C=O) groups is 3. The molecule has 1 saturated heterocycles. The van der Waals surface area contributed by atoms with Gasteiger partial charge in [-0.25, -0.2) is 9.59 Å². The largest absolute Gasteiger partial charge is 0.383 e. The third-order valence-electron chi connectivity index (χ3n) is 7.14. The van der Waals surface area contributed by atoms with Crippen LogP contribution in [0.25, 0.3) is 0 Å². The Morgan fingerprint density at radius 3 is 2.42 bits per heavy atom. The van der Waals surface area contributed by atoms with Gasteiger partial charge in [-0.15, -0.1) is 0 Å². The maximum absolute atomic E-state index is 13.5. The summed E-state index contributed by atoms with van der Waals surface area (Å²) in [5, 5.41) is 2.74. The lowest BCUT2D eigenvalue weighted by Crippen LogP contribution is -2.51. The highest BCUT2D eigenvalue weighted by atomic mass is 16.2. The van der Waals surface area contributed by atoms with Gasteiger partial charge in [-0.3, -0.25) is 33.7 Å². The van der Waals surface area contributed by atoms with Crippen molar-refractivity contribution in [1.29, 1.82) is 0 Å². The molecule has 4 rings (SSSR count). The highest BCUT2D eigenvalue weighted by molar-refractivity contribution is 6.11. The summed E-state index contributed by atoms with van der Waals surface area (Å²) in [6, 6.07) is -0.905. The third kappa shape index (κ3) is 4.04. The Morgan fingerprint density at radius 2 is 1.82 bits per heavy atom. The van der Waals surface area contributed by atoms with Crippen LogP contribution < -0.4 is 27.2 Å². The number of hydrogen-bond donors (Lipinski definition) is 3. The lowest BCUT2D eigenvalue weighted by molar-refractivity contribution is -0.134. The number of anilines is 2. The van der Waals surface area contributed by atoms with E-state index in [1.807, 2.05) is 6.92 Å². The Balaban J connectivity index is 1.68. The molecule has 2 saturated carbocycles. The molecule has 1 aromatic heterocycles. The van der Waals surface area contributed by atoms with E-state index in [0.29, 0.717) is 25.8 Å². The first-order valence-electron chi connectivity index (χ1n) is 11.8. The Labute approximate surface area is 191 Å². The van der Waals surface area contributed by atoms with E-state index in [9.17, 15) is 24.0 Å². The monoisotopic (exact) mass is 460 g/mol. The second-order valence-corrected chi connectivity index (χ2v) is 9.50. The summed E-state index contributed by atoms with van der Waals surface area (Å²) < 4.78 is 1.27. The SMILES string of the molecule is CCCCn1c(N)c(N(C(=O)CN2C(=O)N[C@@](C)(C3CC3)C2=O)C2CCCC2)c(=O)[nH]c1=O. The van der Waals surface area contributed by atoms with Crippen LogP contribution in [0.1, 0.15) is 65.2 Å². The summed E-state index contributed by atoms with van der Waals surface area (Å²) in [7, 11) is 0. The van der Waals surface area contributed by atoms with Gasteiger partial charge >= 0.3 is 11.7 Å². The second kappa shape index (κ2) is 8.68. The summed E-state index contributed by atoms with van der Waals surface area (Å²) in [6.07, 6.45) is 6.28. The Kier molecular flexibility index (Phi) is 6.06. The van der Waals surface area contributed by atoms with E-state index < -0.39 is 41.2 Å². The third-order valence-corrected chi connectivity index (χ3v) is 7.14.